The number of aryl methyl sites for hydroxylation is 2. The Morgan fingerprint density at radius 1 is 1.00 bits per heavy atom. The van der Waals surface area contributed by atoms with Crippen molar-refractivity contribution in [2.75, 3.05) is 0 Å². The normalized spacial score (nSPS) is 11.2. The van der Waals surface area contributed by atoms with Gasteiger partial charge in [-0.25, -0.2) is 9.97 Å². The van der Waals surface area contributed by atoms with Crippen molar-refractivity contribution in [3.05, 3.63) is 98.8 Å². The summed E-state index contributed by atoms with van der Waals surface area (Å²) in [6.07, 6.45) is 0. The maximum absolute atomic E-state index is 11.0. The number of hydrogen-bond acceptors (Lipinski definition) is 5. The van der Waals surface area contributed by atoms with Crippen LogP contribution in [0.2, 0.25) is 5.02 Å². The maximum Gasteiger partial charge on any atom is 0.269 e. The molecule has 5 aromatic rings. The van der Waals surface area contributed by atoms with Crippen molar-refractivity contribution >= 4 is 33.8 Å². The molecule has 0 atom stereocenters. The van der Waals surface area contributed by atoms with Gasteiger partial charge in [-0.15, -0.1) is 0 Å². The van der Waals surface area contributed by atoms with E-state index >= 15 is 0 Å². The number of nitro groups is 1. The minimum atomic E-state index is -0.416. The highest BCUT2D eigenvalue weighted by Crippen LogP contribution is 2.33. The monoisotopic (exact) mass is 458 g/mol. The van der Waals surface area contributed by atoms with Gasteiger partial charge in [-0.05, 0) is 43.7 Å². The minimum Gasteiger partial charge on any atom is -0.489 e. The summed E-state index contributed by atoms with van der Waals surface area (Å²) in [4.78, 5) is 20.2. The molecule has 0 fully saturated rings. The highest BCUT2D eigenvalue weighted by molar-refractivity contribution is 6.33. The van der Waals surface area contributed by atoms with Crippen molar-refractivity contribution in [2.45, 2.75) is 20.5 Å². The second-order valence-corrected chi connectivity index (χ2v) is 8.16. The summed E-state index contributed by atoms with van der Waals surface area (Å²) in [5.41, 5.74) is 5.91. The summed E-state index contributed by atoms with van der Waals surface area (Å²) in [6.45, 7) is 4.13. The second-order valence-electron chi connectivity index (χ2n) is 7.75. The number of aromatic nitrogens is 3. The fourth-order valence-electron chi connectivity index (χ4n) is 4.04. The smallest absolute Gasteiger partial charge is 0.269 e. The molecule has 0 spiro atoms. The van der Waals surface area contributed by atoms with Crippen molar-refractivity contribution in [2.24, 2.45) is 0 Å². The van der Waals surface area contributed by atoms with Crippen LogP contribution in [-0.2, 0) is 6.61 Å². The standard InChI is InChI=1S/C25H19ClN4O3/c1-15-24-16(2)28-25(20-8-3-4-9-21(20)26)29(24)23-11-10-19(13-22(23)27-15)33-14-17-6-5-7-18(12-17)30(31)32/h3-13H,14H2,1-2H3. The van der Waals surface area contributed by atoms with Gasteiger partial charge in [0.25, 0.3) is 5.69 Å². The average Bonchev–Trinajstić information content (AvgIpc) is 3.16. The Morgan fingerprint density at radius 3 is 2.58 bits per heavy atom. The average molecular weight is 459 g/mol. The molecule has 5 rings (SSSR count). The molecule has 0 saturated heterocycles. The lowest BCUT2D eigenvalue weighted by Crippen LogP contribution is -2.00. The van der Waals surface area contributed by atoms with Crippen molar-refractivity contribution < 1.29 is 9.66 Å². The van der Waals surface area contributed by atoms with Crippen molar-refractivity contribution in [1.82, 2.24) is 14.4 Å². The molecule has 0 aliphatic rings. The summed E-state index contributed by atoms with van der Waals surface area (Å²) in [5, 5.41) is 11.6. The molecule has 33 heavy (non-hydrogen) atoms. The van der Waals surface area contributed by atoms with Crippen LogP contribution in [0.15, 0.2) is 66.7 Å². The molecule has 7 nitrogen and oxygen atoms in total. The second kappa shape index (κ2) is 8.18. The number of fused-ring (bicyclic) bond motifs is 3. The predicted octanol–water partition coefficient (Wildman–Crippen LogP) is 6.31. The first-order valence-electron chi connectivity index (χ1n) is 10.3. The molecule has 0 radical (unpaired) electrons. The van der Waals surface area contributed by atoms with E-state index in [2.05, 4.69) is 4.40 Å². The van der Waals surface area contributed by atoms with Crippen LogP contribution in [0.25, 0.3) is 27.9 Å². The lowest BCUT2D eigenvalue weighted by atomic mass is 10.2. The minimum absolute atomic E-state index is 0.0388. The lowest BCUT2D eigenvalue weighted by Gasteiger charge is -2.11. The molecular formula is C25H19ClN4O3. The number of non-ortho nitro benzene ring substituents is 1. The summed E-state index contributed by atoms with van der Waals surface area (Å²) in [7, 11) is 0. The van der Waals surface area contributed by atoms with Gasteiger partial charge in [0.1, 0.15) is 18.2 Å². The Bertz CT molecular complexity index is 1540. The van der Waals surface area contributed by atoms with E-state index in [0.29, 0.717) is 10.8 Å². The van der Waals surface area contributed by atoms with Gasteiger partial charge in [-0.2, -0.15) is 0 Å². The molecular weight excluding hydrogens is 440 g/mol. The number of benzene rings is 3. The molecule has 8 heteroatoms. The van der Waals surface area contributed by atoms with Crippen LogP contribution >= 0.6 is 11.6 Å². The fraction of sp³-hybridized carbons (Fsp3) is 0.120. The van der Waals surface area contributed by atoms with Gasteiger partial charge in [-0.3, -0.25) is 14.5 Å². The number of ether oxygens (including phenoxy) is 1. The van der Waals surface area contributed by atoms with E-state index in [1.54, 1.807) is 12.1 Å². The maximum atomic E-state index is 11.0. The van der Waals surface area contributed by atoms with Crippen molar-refractivity contribution in [3.63, 3.8) is 0 Å². The van der Waals surface area contributed by atoms with Crippen LogP contribution in [0.3, 0.4) is 0 Å². The summed E-state index contributed by atoms with van der Waals surface area (Å²) in [6, 6.07) is 19.7. The summed E-state index contributed by atoms with van der Waals surface area (Å²) < 4.78 is 8.00. The van der Waals surface area contributed by atoms with E-state index in [0.717, 1.165) is 44.9 Å². The van der Waals surface area contributed by atoms with Crippen LogP contribution in [0, 0.1) is 24.0 Å². The molecule has 0 aliphatic carbocycles. The number of hydrogen-bond donors (Lipinski definition) is 0. The fourth-order valence-corrected chi connectivity index (χ4v) is 4.26. The molecule has 164 valence electrons. The van der Waals surface area contributed by atoms with Gasteiger partial charge in [0.05, 0.1) is 37.9 Å². The quantitative estimate of drug-likeness (QED) is 0.228. The Balaban J connectivity index is 1.57. The van der Waals surface area contributed by atoms with Gasteiger partial charge in [0.15, 0.2) is 0 Å². The van der Waals surface area contributed by atoms with Crippen molar-refractivity contribution in [3.8, 4) is 17.1 Å². The molecule has 0 N–H and O–H groups in total. The molecule has 0 aliphatic heterocycles. The van der Waals surface area contributed by atoms with Crippen molar-refractivity contribution in [1.29, 1.82) is 0 Å². The Labute approximate surface area is 194 Å². The molecule has 2 aromatic heterocycles. The van der Waals surface area contributed by atoms with Crippen LogP contribution < -0.4 is 4.74 Å². The first kappa shape index (κ1) is 20.9. The summed E-state index contributed by atoms with van der Waals surface area (Å²) in [5.74, 6) is 1.38. The van der Waals surface area contributed by atoms with E-state index in [-0.39, 0.29) is 12.3 Å². The highest BCUT2D eigenvalue weighted by Gasteiger charge is 2.18. The van der Waals surface area contributed by atoms with Gasteiger partial charge in [0.2, 0.25) is 0 Å². The van der Waals surface area contributed by atoms with Crippen LogP contribution in [0.4, 0.5) is 5.69 Å². The van der Waals surface area contributed by atoms with E-state index in [4.69, 9.17) is 26.3 Å². The van der Waals surface area contributed by atoms with E-state index < -0.39 is 4.92 Å². The lowest BCUT2D eigenvalue weighted by molar-refractivity contribution is -0.384. The topological polar surface area (TPSA) is 82.6 Å². The highest BCUT2D eigenvalue weighted by atomic mass is 35.5. The van der Waals surface area contributed by atoms with E-state index in [1.807, 2.05) is 56.3 Å². The third-order valence-electron chi connectivity index (χ3n) is 5.51. The molecule has 0 amide bonds. The van der Waals surface area contributed by atoms with Gasteiger partial charge in [0, 0.05) is 23.8 Å². The molecule has 3 aromatic carbocycles. The number of nitro benzene ring substituents is 1. The van der Waals surface area contributed by atoms with Gasteiger partial charge in [-0.1, -0.05) is 35.9 Å². The first-order valence-corrected chi connectivity index (χ1v) is 10.7. The largest absolute Gasteiger partial charge is 0.489 e. The zero-order valence-electron chi connectivity index (χ0n) is 17.9. The van der Waals surface area contributed by atoms with E-state index in [9.17, 15) is 10.1 Å². The van der Waals surface area contributed by atoms with Gasteiger partial charge >= 0.3 is 0 Å². The van der Waals surface area contributed by atoms with Crippen LogP contribution in [-0.4, -0.2) is 19.3 Å². The molecule has 2 heterocycles. The number of rotatable bonds is 5. The number of imidazole rings is 1. The SMILES string of the molecule is Cc1nc(-c2ccccc2Cl)n2c1c(C)nc1cc(OCc3cccc([N+](=O)[O-])c3)ccc12. The van der Waals surface area contributed by atoms with Crippen LogP contribution in [0.1, 0.15) is 17.0 Å². The third-order valence-corrected chi connectivity index (χ3v) is 5.84. The van der Waals surface area contributed by atoms with Gasteiger partial charge < -0.3 is 4.74 Å². The zero-order valence-corrected chi connectivity index (χ0v) is 18.7. The third kappa shape index (κ3) is 3.76. The molecule has 0 bridgehead atoms. The van der Waals surface area contributed by atoms with Crippen LogP contribution in [0.5, 0.6) is 5.75 Å². The predicted molar refractivity (Wildman–Crippen MR) is 128 cm³/mol. The molecule has 0 saturated carbocycles. The number of halogens is 1. The Hall–Kier alpha value is -3.97. The Morgan fingerprint density at radius 2 is 1.79 bits per heavy atom. The first-order chi connectivity index (χ1) is 15.9. The zero-order chi connectivity index (χ0) is 23.1. The Kier molecular flexibility index (Phi) is 5.18. The molecule has 0 unspecified atom stereocenters. The van der Waals surface area contributed by atoms with E-state index in [1.165, 1.54) is 12.1 Å². The number of nitrogens with zero attached hydrogens (tertiary/aromatic N) is 4. The summed E-state index contributed by atoms with van der Waals surface area (Å²) >= 11 is 6.48.